The maximum Gasteiger partial charge on any atom is 0.408 e. The van der Waals surface area contributed by atoms with Crippen LogP contribution in [-0.4, -0.2) is 30.2 Å². The van der Waals surface area contributed by atoms with E-state index >= 15 is 0 Å². The van der Waals surface area contributed by atoms with Crippen LogP contribution in [0, 0.1) is 0 Å². The Bertz CT molecular complexity index is 278. The fraction of sp³-hybridized carbons (Fsp3) is 0.833. The van der Waals surface area contributed by atoms with E-state index in [0.29, 0.717) is 0 Å². The molecule has 1 fully saturated rings. The van der Waals surface area contributed by atoms with Gasteiger partial charge in [-0.25, -0.2) is 4.79 Å². The molecule has 0 heterocycles. The standard InChI is InChI=1S/C12H22N2O3/c1-12(2,3)17-11(16)13-8-10(15)14-9-6-4-5-7-9/h9H,4-8H2,1-3H3,(H,13,16)(H,14,15). The average Bonchev–Trinajstić information content (AvgIpc) is 2.64. The van der Waals surface area contributed by atoms with E-state index < -0.39 is 11.7 Å². The molecule has 0 aliphatic heterocycles. The predicted molar refractivity (Wildman–Crippen MR) is 64.6 cm³/mol. The first-order chi connectivity index (χ1) is 7.87. The first-order valence-electron chi connectivity index (χ1n) is 6.13. The molecular weight excluding hydrogens is 220 g/mol. The Kier molecular flexibility index (Phi) is 4.78. The molecule has 1 rings (SSSR count). The van der Waals surface area contributed by atoms with Gasteiger partial charge in [-0.1, -0.05) is 12.8 Å². The number of alkyl carbamates (subject to hydrolysis) is 1. The van der Waals surface area contributed by atoms with Crippen molar-refractivity contribution in [3.05, 3.63) is 0 Å². The fourth-order valence-corrected chi connectivity index (χ4v) is 1.82. The third-order valence-corrected chi connectivity index (χ3v) is 2.51. The Labute approximate surface area is 102 Å². The van der Waals surface area contributed by atoms with E-state index in [9.17, 15) is 9.59 Å². The lowest BCUT2D eigenvalue weighted by atomic mass is 10.2. The maximum atomic E-state index is 11.5. The summed E-state index contributed by atoms with van der Waals surface area (Å²) >= 11 is 0. The van der Waals surface area contributed by atoms with Gasteiger partial charge in [0.15, 0.2) is 0 Å². The molecular formula is C12H22N2O3. The molecule has 1 aliphatic carbocycles. The normalized spacial score (nSPS) is 16.6. The summed E-state index contributed by atoms with van der Waals surface area (Å²) in [5.74, 6) is -0.150. The van der Waals surface area contributed by atoms with Gasteiger partial charge in [0, 0.05) is 6.04 Å². The Hall–Kier alpha value is -1.26. The number of rotatable bonds is 3. The predicted octanol–water partition coefficient (Wildman–Crippen LogP) is 1.57. The molecule has 5 heteroatoms. The number of amides is 2. The largest absolute Gasteiger partial charge is 0.444 e. The second-order valence-corrected chi connectivity index (χ2v) is 5.40. The fourth-order valence-electron chi connectivity index (χ4n) is 1.82. The number of ether oxygens (including phenoxy) is 1. The van der Waals surface area contributed by atoms with Crippen molar-refractivity contribution in [1.29, 1.82) is 0 Å². The van der Waals surface area contributed by atoms with Gasteiger partial charge in [0.2, 0.25) is 5.91 Å². The van der Waals surface area contributed by atoms with Gasteiger partial charge in [0.1, 0.15) is 12.1 Å². The van der Waals surface area contributed by atoms with Crippen LogP contribution in [0.4, 0.5) is 4.79 Å². The molecule has 0 radical (unpaired) electrons. The zero-order chi connectivity index (χ0) is 12.9. The highest BCUT2D eigenvalue weighted by Gasteiger charge is 2.19. The lowest BCUT2D eigenvalue weighted by Crippen LogP contribution is -2.42. The van der Waals surface area contributed by atoms with Crippen molar-refractivity contribution < 1.29 is 14.3 Å². The van der Waals surface area contributed by atoms with Crippen LogP contribution in [0.25, 0.3) is 0 Å². The van der Waals surface area contributed by atoms with Crippen LogP contribution in [0.3, 0.4) is 0 Å². The minimum atomic E-state index is -0.556. The van der Waals surface area contributed by atoms with Crippen LogP contribution in [0.15, 0.2) is 0 Å². The van der Waals surface area contributed by atoms with E-state index in [1.165, 1.54) is 12.8 Å². The molecule has 0 bridgehead atoms. The number of hydrogen-bond donors (Lipinski definition) is 2. The Morgan fingerprint density at radius 3 is 2.35 bits per heavy atom. The number of carbonyl (C=O) groups excluding carboxylic acids is 2. The molecule has 0 atom stereocenters. The quantitative estimate of drug-likeness (QED) is 0.789. The van der Waals surface area contributed by atoms with E-state index in [4.69, 9.17) is 4.74 Å². The van der Waals surface area contributed by atoms with Crippen molar-refractivity contribution >= 4 is 12.0 Å². The monoisotopic (exact) mass is 242 g/mol. The lowest BCUT2D eigenvalue weighted by molar-refractivity contribution is -0.120. The molecule has 0 aromatic rings. The van der Waals surface area contributed by atoms with Crippen molar-refractivity contribution in [2.45, 2.75) is 58.1 Å². The number of hydrogen-bond acceptors (Lipinski definition) is 3. The first kappa shape index (κ1) is 13.8. The summed E-state index contributed by atoms with van der Waals surface area (Å²) in [6.07, 6.45) is 3.87. The van der Waals surface area contributed by atoms with Crippen LogP contribution >= 0.6 is 0 Å². The summed E-state index contributed by atoms with van der Waals surface area (Å²) in [6.45, 7) is 5.33. The second kappa shape index (κ2) is 5.89. The Morgan fingerprint density at radius 2 is 1.82 bits per heavy atom. The van der Waals surface area contributed by atoms with Crippen LogP contribution in [-0.2, 0) is 9.53 Å². The van der Waals surface area contributed by atoms with Gasteiger partial charge in [-0.05, 0) is 33.6 Å². The summed E-state index contributed by atoms with van der Waals surface area (Å²) in [4.78, 5) is 22.8. The molecule has 1 aliphatic rings. The topological polar surface area (TPSA) is 67.4 Å². The molecule has 0 saturated heterocycles. The molecule has 0 aromatic heterocycles. The van der Waals surface area contributed by atoms with Gasteiger partial charge in [-0.2, -0.15) is 0 Å². The van der Waals surface area contributed by atoms with Gasteiger partial charge >= 0.3 is 6.09 Å². The first-order valence-corrected chi connectivity index (χ1v) is 6.13. The maximum absolute atomic E-state index is 11.5. The second-order valence-electron chi connectivity index (χ2n) is 5.40. The molecule has 2 amide bonds. The molecule has 0 unspecified atom stereocenters. The van der Waals surface area contributed by atoms with Crippen LogP contribution < -0.4 is 10.6 Å². The van der Waals surface area contributed by atoms with Crippen molar-refractivity contribution in [2.24, 2.45) is 0 Å². The van der Waals surface area contributed by atoms with Crippen LogP contribution in [0.2, 0.25) is 0 Å². The Morgan fingerprint density at radius 1 is 1.24 bits per heavy atom. The van der Waals surface area contributed by atoms with Crippen molar-refractivity contribution in [3.63, 3.8) is 0 Å². The third-order valence-electron chi connectivity index (χ3n) is 2.51. The molecule has 0 aromatic carbocycles. The molecule has 2 N–H and O–H groups in total. The summed E-state index contributed by atoms with van der Waals surface area (Å²) in [7, 11) is 0. The van der Waals surface area contributed by atoms with Gasteiger partial charge in [-0.15, -0.1) is 0 Å². The molecule has 5 nitrogen and oxygen atoms in total. The summed E-state index contributed by atoms with van der Waals surface area (Å²) < 4.78 is 5.03. The van der Waals surface area contributed by atoms with Gasteiger partial charge in [0.05, 0.1) is 0 Å². The summed E-state index contributed by atoms with van der Waals surface area (Å²) in [5, 5.41) is 5.33. The average molecular weight is 242 g/mol. The van der Waals surface area contributed by atoms with Gasteiger partial charge < -0.3 is 15.4 Å². The summed E-state index contributed by atoms with van der Waals surface area (Å²) in [5.41, 5.74) is -0.536. The van der Waals surface area contributed by atoms with Gasteiger partial charge in [-0.3, -0.25) is 4.79 Å². The van der Waals surface area contributed by atoms with Crippen LogP contribution in [0.1, 0.15) is 46.5 Å². The zero-order valence-corrected chi connectivity index (χ0v) is 10.8. The number of nitrogens with one attached hydrogen (secondary N) is 2. The van der Waals surface area contributed by atoms with Crippen molar-refractivity contribution in [1.82, 2.24) is 10.6 Å². The lowest BCUT2D eigenvalue weighted by Gasteiger charge is -2.19. The highest BCUT2D eigenvalue weighted by molar-refractivity contribution is 5.82. The highest BCUT2D eigenvalue weighted by Crippen LogP contribution is 2.17. The SMILES string of the molecule is CC(C)(C)OC(=O)NCC(=O)NC1CCCC1. The van der Waals surface area contributed by atoms with Crippen LogP contribution in [0.5, 0.6) is 0 Å². The smallest absolute Gasteiger partial charge is 0.408 e. The third kappa shape index (κ3) is 6.14. The van der Waals surface area contributed by atoms with E-state index in [0.717, 1.165) is 12.8 Å². The number of carbonyl (C=O) groups is 2. The van der Waals surface area contributed by atoms with E-state index in [2.05, 4.69) is 10.6 Å². The molecule has 17 heavy (non-hydrogen) atoms. The molecule has 0 spiro atoms. The van der Waals surface area contributed by atoms with E-state index in [-0.39, 0.29) is 18.5 Å². The van der Waals surface area contributed by atoms with Gasteiger partial charge in [0.25, 0.3) is 0 Å². The molecule has 1 saturated carbocycles. The highest BCUT2D eigenvalue weighted by atomic mass is 16.6. The minimum Gasteiger partial charge on any atom is -0.444 e. The Balaban J connectivity index is 2.16. The van der Waals surface area contributed by atoms with Crippen molar-refractivity contribution in [3.8, 4) is 0 Å². The zero-order valence-electron chi connectivity index (χ0n) is 10.8. The van der Waals surface area contributed by atoms with Crippen molar-refractivity contribution in [2.75, 3.05) is 6.54 Å². The summed E-state index contributed by atoms with van der Waals surface area (Å²) in [6, 6.07) is 0.280. The molecule has 98 valence electrons. The minimum absolute atomic E-state index is 0.0224. The van der Waals surface area contributed by atoms with E-state index in [1.54, 1.807) is 20.8 Å². The van der Waals surface area contributed by atoms with E-state index in [1.807, 2.05) is 0 Å².